The minimum Gasteiger partial charge on any atom is -0.423 e. The molecule has 20 heavy (non-hydrogen) atoms. The van der Waals surface area contributed by atoms with Crippen molar-refractivity contribution in [3.05, 3.63) is 0 Å². The third-order valence-electron chi connectivity index (χ3n) is 5.30. The average Bonchev–Trinajstić information content (AvgIpc) is 2.38. The van der Waals surface area contributed by atoms with Crippen LogP contribution in [0.15, 0.2) is 0 Å². The molecule has 0 spiro atoms. The van der Waals surface area contributed by atoms with Gasteiger partial charge in [-0.2, -0.15) is 0 Å². The maximum Gasteiger partial charge on any atom is 0.174 e. The minimum atomic E-state index is -1.80. The molecule has 0 aliphatic carbocycles. The van der Waals surface area contributed by atoms with Crippen LogP contribution in [0.5, 0.6) is 0 Å². The van der Waals surface area contributed by atoms with Gasteiger partial charge in [-0.15, -0.1) is 0 Å². The quantitative estimate of drug-likeness (QED) is 0.293. The summed E-state index contributed by atoms with van der Waals surface area (Å²) in [6, 6.07) is 1.31. The van der Waals surface area contributed by atoms with Crippen LogP contribution >= 0.6 is 22.6 Å². The smallest absolute Gasteiger partial charge is 0.174 e. The Bertz CT molecular complexity index is 270. The summed E-state index contributed by atoms with van der Waals surface area (Å²) in [5.74, 6) is 0. The largest absolute Gasteiger partial charge is 0.423 e. The van der Waals surface area contributed by atoms with Crippen molar-refractivity contribution >= 4 is 52.7 Å². The molecule has 0 heterocycles. The van der Waals surface area contributed by atoms with Gasteiger partial charge in [0.2, 0.25) is 0 Å². The molecule has 122 valence electrons. The highest BCUT2D eigenvalue weighted by atomic mass is 127. The molecule has 0 unspecified atom stereocenters. The van der Waals surface area contributed by atoms with Crippen molar-refractivity contribution in [3.63, 3.8) is 0 Å². The van der Waals surface area contributed by atoms with Gasteiger partial charge in [0.25, 0.3) is 0 Å². The van der Waals surface area contributed by atoms with Crippen LogP contribution < -0.4 is 0 Å². The van der Waals surface area contributed by atoms with Gasteiger partial charge in [-0.1, -0.05) is 28.6 Å². The van der Waals surface area contributed by atoms with Crippen molar-refractivity contribution in [2.45, 2.75) is 51.7 Å². The molecule has 0 saturated heterocycles. The second-order valence-electron chi connectivity index (χ2n) is 6.84. The van der Waals surface area contributed by atoms with E-state index in [0.717, 1.165) is 0 Å². The lowest BCUT2D eigenvalue weighted by atomic mass is 10.6. The molecule has 0 N–H and O–H groups in total. The van der Waals surface area contributed by atoms with Gasteiger partial charge >= 0.3 is 0 Å². The normalized spacial score (nSPS) is 14.7. The Kier molecular flexibility index (Phi) is 8.42. The third kappa shape index (κ3) is 3.69. The molecule has 8 heteroatoms. The highest BCUT2D eigenvalue weighted by Gasteiger charge is 2.69. The Hall–Kier alpha value is 1.48. The molecular formula is C12H33IO3Si4. The molecule has 0 bridgehead atoms. The lowest BCUT2D eigenvalue weighted by Crippen LogP contribution is -2.86. The highest BCUT2D eigenvalue weighted by molar-refractivity contribution is 14.1. The van der Waals surface area contributed by atoms with Crippen molar-refractivity contribution in [2.24, 2.45) is 0 Å². The number of rotatable bonds is 9. The Morgan fingerprint density at radius 1 is 0.700 bits per heavy atom. The van der Waals surface area contributed by atoms with Crippen molar-refractivity contribution in [2.75, 3.05) is 25.8 Å². The molecule has 0 amide bonds. The zero-order valence-electron chi connectivity index (χ0n) is 14.7. The van der Waals surface area contributed by atoms with E-state index in [1.54, 1.807) is 0 Å². The standard InChI is InChI=1S/C12H33IO3Si4/c1-14-17(4,5)20(12-10-11-13,18(6,7)15-2)19(8,9)16-3/h10-12H2,1-9H3. The fourth-order valence-corrected chi connectivity index (χ4v) is 80.8. The number of hydrogen-bond acceptors (Lipinski definition) is 3. The molecule has 0 rings (SSSR count). The summed E-state index contributed by atoms with van der Waals surface area (Å²) < 4.78 is 19.8. The molecule has 0 aromatic heterocycles. The van der Waals surface area contributed by atoms with Crippen LogP contribution in [0.2, 0.25) is 45.3 Å². The molecule has 0 aromatic carbocycles. The van der Waals surface area contributed by atoms with E-state index in [2.05, 4.69) is 61.9 Å². The molecule has 0 aliphatic heterocycles. The van der Waals surface area contributed by atoms with Gasteiger partial charge in [0.15, 0.2) is 23.5 Å². The summed E-state index contributed by atoms with van der Waals surface area (Å²) >= 11 is 2.49. The number of halogens is 1. The van der Waals surface area contributed by atoms with Crippen molar-refractivity contribution in [1.29, 1.82) is 0 Å². The predicted molar refractivity (Wildman–Crippen MR) is 108 cm³/mol. The Morgan fingerprint density at radius 3 is 1.20 bits per heavy atom. The van der Waals surface area contributed by atoms with E-state index in [1.807, 2.05) is 21.3 Å². The summed E-state index contributed by atoms with van der Waals surface area (Å²) in [6.45, 7) is 12.7. The van der Waals surface area contributed by atoms with Gasteiger partial charge in [0.05, 0.1) is 0 Å². The van der Waals surface area contributed by atoms with Crippen LogP contribution in [0.25, 0.3) is 0 Å². The van der Waals surface area contributed by atoms with Gasteiger partial charge in [-0.3, -0.25) is 0 Å². The first kappa shape index (κ1) is 21.5. The summed E-state index contributed by atoms with van der Waals surface area (Å²) in [5.41, 5.74) is 0. The maximum absolute atomic E-state index is 6.18. The van der Waals surface area contributed by atoms with E-state index >= 15 is 0 Å². The van der Waals surface area contributed by atoms with Crippen LogP contribution in [0.4, 0.5) is 0 Å². The lowest BCUT2D eigenvalue weighted by molar-refractivity contribution is 0.401. The SMILES string of the molecule is CO[Si](C)(C)[Si](CCCI)([Si](C)(C)OC)[Si](C)(C)OC. The average molecular weight is 465 g/mol. The predicted octanol–water partition coefficient (Wildman–Crippen LogP) is 4.05. The molecule has 0 radical (unpaired) electrons. The number of hydrogen-bond donors (Lipinski definition) is 0. The van der Waals surface area contributed by atoms with Crippen LogP contribution in [0.3, 0.4) is 0 Å². The van der Waals surface area contributed by atoms with Gasteiger partial charge in [-0.05, 0) is 50.1 Å². The number of alkyl halides is 1. The van der Waals surface area contributed by atoms with Crippen LogP contribution in [-0.4, -0.2) is 55.9 Å². The van der Waals surface area contributed by atoms with Crippen molar-refractivity contribution < 1.29 is 13.3 Å². The Labute approximate surface area is 143 Å². The van der Waals surface area contributed by atoms with E-state index in [9.17, 15) is 0 Å². The van der Waals surface area contributed by atoms with E-state index in [0.29, 0.717) is 0 Å². The maximum atomic E-state index is 6.18. The minimum absolute atomic E-state index is 1.21. The molecular weight excluding hydrogens is 431 g/mol. The molecule has 0 aromatic rings. The van der Waals surface area contributed by atoms with Gasteiger partial charge in [0, 0.05) is 21.3 Å². The molecule has 3 nitrogen and oxygen atoms in total. The first-order valence-electron chi connectivity index (χ1n) is 7.21. The van der Waals surface area contributed by atoms with Crippen LogP contribution in [0, 0.1) is 0 Å². The molecule has 0 aliphatic rings. The van der Waals surface area contributed by atoms with E-state index < -0.39 is 30.1 Å². The van der Waals surface area contributed by atoms with Crippen molar-refractivity contribution in [1.82, 2.24) is 0 Å². The third-order valence-corrected chi connectivity index (χ3v) is 71.5. The molecule has 0 saturated carbocycles. The van der Waals surface area contributed by atoms with Gasteiger partial charge in [0.1, 0.15) is 6.63 Å². The zero-order chi connectivity index (χ0) is 16.2. The second-order valence-corrected chi connectivity index (χ2v) is 43.5. The summed E-state index contributed by atoms with van der Waals surface area (Å²) in [6.07, 6.45) is 1.27. The van der Waals surface area contributed by atoms with Crippen LogP contribution in [-0.2, 0) is 13.3 Å². The van der Waals surface area contributed by atoms with E-state index in [-0.39, 0.29) is 0 Å². The van der Waals surface area contributed by atoms with E-state index in [1.165, 1.54) is 16.9 Å². The van der Waals surface area contributed by atoms with Gasteiger partial charge in [-0.25, -0.2) is 0 Å². The summed E-state index contributed by atoms with van der Waals surface area (Å²) in [5, 5.41) is 0. The zero-order valence-corrected chi connectivity index (χ0v) is 20.9. The second kappa shape index (κ2) is 7.84. The lowest BCUT2D eigenvalue weighted by Gasteiger charge is -2.56. The fraction of sp³-hybridized carbons (Fsp3) is 1.00. The molecule has 0 fully saturated rings. The fourth-order valence-electron chi connectivity index (χ4n) is 3.93. The Morgan fingerprint density at radius 2 is 1.00 bits per heavy atom. The monoisotopic (exact) mass is 464 g/mol. The Balaban J connectivity index is 6.20. The first-order chi connectivity index (χ1) is 8.99. The summed E-state index contributed by atoms with van der Waals surface area (Å²) in [7, 11) is 0.351. The molecule has 0 atom stereocenters. The van der Waals surface area contributed by atoms with E-state index in [4.69, 9.17) is 13.3 Å². The summed E-state index contributed by atoms with van der Waals surface area (Å²) in [4.78, 5) is 0. The first-order valence-corrected chi connectivity index (χ1v) is 22.7. The topological polar surface area (TPSA) is 27.7 Å². The van der Waals surface area contributed by atoms with Gasteiger partial charge < -0.3 is 13.3 Å². The van der Waals surface area contributed by atoms with Crippen LogP contribution in [0.1, 0.15) is 6.42 Å². The van der Waals surface area contributed by atoms with Crippen molar-refractivity contribution in [3.8, 4) is 0 Å². The highest BCUT2D eigenvalue weighted by Crippen LogP contribution is 2.41.